The molecule has 2 aliphatic heterocycles. The van der Waals surface area contributed by atoms with Gasteiger partial charge in [-0.25, -0.2) is 0 Å². The summed E-state index contributed by atoms with van der Waals surface area (Å²) in [4.78, 5) is 0. The molecule has 10 N–H and O–H groups in total. The zero-order valence-corrected chi connectivity index (χ0v) is 24.0. The van der Waals surface area contributed by atoms with Crippen molar-refractivity contribution in [3.05, 3.63) is 47.5 Å². The molecule has 4 rings (SSSR count). The van der Waals surface area contributed by atoms with Crippen molar-refractivity contribution < 1.29 is 70.0 Å². The van der Waals surface area contributed by atoms with Crippen molar-refractivity contribution in [1.82, 2.24) is 0 Å². The summed E-state index contributed by atoms with van der Waals surface area (Å²) in [6.07, 6.45) is -10.5. The van der Waals surface area contributed by atoms with Gasteiger partial charge in [-0.15, -0.1) is 0 Å². The SMILES string of the molecule is OC[C@H]1O[C@@H](O[C@@H]2[C@@H](O)[C@H](O[C@H](CCCCc3ccc(O)c(O)c3)CCc3ccc(O)c(O)c3)OC[C@H]2O)[C@H](O)[C@@H](O)[C@@H]1O. The topological polar surface area (TPSA) is 239 Å². The van der Waals surface area contributed by atoms with Gasteiger partial charge in [0.25, 0.3) is 0 Å². The monoisotopic (exact) mass is 626 g/mol. The molecule has 2 saturated heterocycles. The maximum atomic E-state index is 11.1. The Morgan fingerprint density at radius 2 is 1.34 bits per heavy atom. The summed E-state index contributed by atoms with van der Waals surface area (Å²) >= 11 is 0. The molecule has 0 radical (unpaired) electrons. The lowest BCUT2D eigenvalue weighted by Crippen LogP contribution is -2.63. The van der Waals surface area contributed by atoms with Crippen LogP contribution in [-0.2, 0) is 31.8 Å². The molecule has 0 amide bonds. The molecule has 14 nitrogen and oxygen atoms in total. The number of aryl methyl sites for hydroxylation is 2. The third-order valence-corrected chi connectivity index (χ3v) is 7.97. The predicted molar refractivity (Wildman–Crippen MR) is 151 cm³/mol. The van der Waals surface area contributed by atoms with Crippen LogP contribution in [0.5, 0.6) is 23.0 Å². The second-order valence-corrected chi connectivity index (χ2v) is 11.2. The van der Waals surface area contributed by atoms with Gasteiger partial charge < -0.3 is 70.0 Å². The summed E-state index contributed by atoms with van der Waals surface area (Å²) in [5, 5.41) is 100. The minimum Gasteiger partial charge on any atom is -0.504 e. The van der Waals surface area contributed by atoms with Crippen LogP contribution in [0.25, 0.3) is 0 Å². The lowest BCUT2D eigenvalue weighted by atomic mass is 9.98. The number of aliphatic hydroxyl groups is 6. The first kappa shape index (κ1) is 34.1. The van der Waals surface area contributed by atoms with E-state index in [4.69, 9.17) is 18.9 Å². The molecule has 0 saturated carbocycles. The second kappa shape index (κ2) is 15.5. The van der Waals surface area contributed by atoms with Crippen molar-refractivity contribution in [3.8, 4) is 23.0 Å². The molecule has 0 bridgehead atoms. The Bertz CT molecular complexity index is 1190. The number of aromatic hydroxyl groups is 4. The van der Waals surface area contributed by atoms with Crippen LogP contribution in [-0.4, -0.2) is 126 Å². The van der Waals surface area contributed by atoms with E-state index in [0.717, 1.165) is 11.1 Å². The Hall–Kier alpha value is -2.76. The van der Waals surface area contributed by atoms with Gasteiger partial charge in [0.2, 0.25) is 0 Å². The van der Waals surface area contributed by atoms with Crippen LogP contribution in [0.4, 0.5) is 0 Å². The highest BCUT2D eigenvalue weighted by Crippen LogP contribution is 2.30. The zero-order valence-electron chi connectivity index (χ0n) is 24.0. The second-order valence-electron chi connectivity index (χ2n) is 11.2. The molecule has 2 aromatic rings. The van der Waals surface area contributed by atoms with E-state index in [-0.39, 0.29) is 29.6 Å². The first-order valence-corrected chi connectivity index (χ1v) is 14.6. The summed E-state index contributed by atoms with van der Waals surface area (Å²) in [5.41, 5.74) is 1.57. The molecule has 2 aliphatic rings. The van der Waals surface area contributed by atoms with Crippen LogP contribution in [0.1, 0.15) is 36.8 Å². The van der Waals surface area contributed by atoms with Gasteiger partial charge in [-0.3, -0.25) is 0 Å². The van der Waals surface area contributed by atoms with Crippen molar-refractivity contribution in [3.63, 3.8) is 0 Å². The average molecular weight is 627 g/mol. The van der Waals surface area contributed by atoms with Crippen LogP contribution in [0.2, 0.25) is 0 Å². The Morgan fingerprint density at radius 3 is 1.95 bits per heavy atom. The molecule has 246 valence electrons. The van der Waals surface area contributed by atoms with Gasteiger partial charge in [-0.2, -0.15) is 0 Å². The number of hydrogen-bond donors (Lipinski definition) is 10. The van der Waals surface area contributed by atoms with Crippen molar-refractivity contribution in [1.29, 1.82) is 0 Å². The van der Waals surface area contributed by atoms with Gasteiger partial charge in [0, 0.05) is 0 Å². The van der Waals surface area contributed by atoms with Crippen LogP contribution in [0.3, 0.4) is 0 Å². The fourth-order valence-electron chi connectivity index (χ4n) is 5.34. The molecule has 2 aromatic carbocycles. The first-order valence-electron chi connectivity index (χ1n) is 14.6. The highest BCUT2D eigenvalue weighted by Gasteiger charge is 2.48. The van der Waals surface area contributed by atoms with Gasteiger partial charge in [-0.05, 0) is 67.5 Å². The molecule has 2 fully saturated rings. The molecular weight excluding hydrogens is 584 g/mol. The number of hydrogen-bond acceptors (Lipinski definition) is 14. The molecule has 0 aliphatic carbocycles. The van der Waals surface area contributed by atoms with Gasteiger partial charge in [0.05, 0.1) is 19.3 Å². The zero-order chi connectivity index (χ0) is 32.0. The van der Waals surface area contributed by atoms with Gasteiger partial charge >= 0.3 is 0 Å². The Labute approximate surface area is 253 Å². The number of phenolic OH excluding ortho intramolecular Hbond substituents is 4. The summed E-state index contributed by atoms with van der Waals surface area (Å²) in [7, 11) is 0. The number of unbranched alkanes of at least 4 members (excludes halogenated alkanes) is 1. The van der Waals surface area contributed by atoms with Crippen LogP contribution in [0, 0.1) is 0 Å². The van der Waals surface area contributed by atoms with E-state index in [2.05, 4.69) is 0 Å². The third-order valence-electron chi connectivity index (χ3n) is 7.97. The normalized spacial score (nSPS) is 31.5. The largest absolute Gasteiger partial charge is 0.504 e. The molecule has 0 aromatic heterocycles. The van der Waals surface area contributed by atoms with E-state index in [1.807, 2.05) is 0 Å². The van der Waals surface area contributed by atoms with Crippen molar-refractivity contribution in [2.45, 2.75) is 99.9 Å². The summed E-state index contributed by atoms with van der Waals surface area (Å²) in [5.74, 6) is -0.908. The maximum absolute atomic E-state index is 11.1. The van der Waals surface area contributed by atoms with Crippen LogP contribution >= 0.6 is 0 Å². The standard InChI is InChI=1S/C30H42O14/c31-13-23-24(37)25(38)26(39)30(43-23)44-28-22(36)14-41-29(27(28)40)42-17(8-5-16-7-10-19(33)21(35)12-16)4-2-1-3-15-6-9-18(32)20(34)11-15/h6-7,9-12,17,22-40H,1-5,8,13-14H2/t17-,22-,23-,24-,25+,26-,27-,28+,29+,30+/m1/s1. The number of phenols is 4. The number of rotatable bonds is 13. The highest BCUT2D eigenvalue weighted by molar-refractivity contribution is 5.41. The first-order chi connectivity index (χ1) is 21.0. The van der Waals surface area contributed by atoms with Crippen LogP contribution < -0.4 is 0 Å². The highest BCUT2D eigenvalue weighted by atomic mass is 16.7. The van der Waals surface area contributed by atoms with Crippen molar-refractivity contribution >= 4 is 0 Å². The minimum absolute atomic E-state index is 0.201. The average Bonchev–Trinajstić information content (AvgIpc) is 3.00. The number of ether oxygens (including phenoxy) is 4. The molecule has 0 spiro atoms. The Kier molecular flexibility index (Phi) is 12.0. The van der Waals surface area contributed by atoms with E-state index in [1.165, 1.54) is 24.3 Å². The third kappa shape index (κ3) is 8.48. The quantitative estimate of drug-likeness (QED) is 0.0997. The Morgan fingerprint density at radius 1 is 0.705 bits per heavy atom. The fourth-order valence-corrected chi connectivity index (χ4v) is 5.34. The molecule has 10 atom stereocenters. The molecule has 0 unspecified atom stereocenters. The minimum atomic E-state index is -1.74. The summed E-state index contributed by atoms with van der Waals surface area (Å²) in [6, 6.07) is 9.11. The van der Waals surface area contributed by atoms with E-state index < -0.39 is 68.0 Å². The van der Waals surface area contributed by atoms with E-state index >= 15 is 0 Å². The fraction of sp³-hybridized carbons (Fsp3) is 0.600. The van der Waals surface area contributed by atoms with Crippen molar-refractivity contribution in [2.75, 3.05) is 13.2 Å². The summed E-state index contributed by atoms with van der Waals surface area (Å²) in [6.45, 7) is -0.976. The molecular formula is C30H42O14. The smallest absolute Gasteiger partial charge is 0.187 e. The number of benzene rings is 2. The Balaban J connectivity index is 1.40. The van der Waals surface area contributed by atoms with E-state index in [0.29, 0.717) is 38.5 Å². The predicted octanol–water partition coefficient (Wildman–Crippen LogP) is -0.497. The number of aliphatic hydroxyl groups excluding tert-OH is 6. The van der Waals surface area contributed by atoms with E-state index in [1.54, 1.807) is 12.1 Å². The van der Waals surface area contributed by atoms with E-state index in [9.17, 15) is 51.1 Å². The maximum Gasteiger partial charge on any atom is 0.187 e. The molecule has 44 heavy (non-hydrogen) atoms. The van der Waals surface area contributed by atoms with Gasteiger partial charge in [-0.1, -0.05) is 18.6 Å². The molecule has 2 heterocycles. The summed E-state index contributed by atoms with van der Waals surface area (Å²) < 4.78 is 22.8. The van der Waals surface area contributed by atoms with Crippen LogP contribution in [0.15, 0.2) is 36.4 Å². The molecule has 14 heteroatoms. The van der Waals surface area contributed by atoms with Gasteiger partial charge in [0.15, 0.2) is 35.6 Å². The lowest BCUT2D eigenvalue weighted by molar-refractivity contribution is -0.351. The van der Waals surface area contributed by atoms with Crippen molar-refractivity contribution in [2.24, 2.45) is 0 Å². The lowest BCUT2D eigenvalue weighted by Gasteiger charge is -2.44. The van der Waals surface area contributed by atoms with Gasteiger partial charge in [0.1, 0.15) is 42.7 Å².